The standard InChI is InChI=1S/C22H34O6/c1-11-13-5-6-14-20-10-27-21(26,22(14,17(11)24)18(13)25)9-15(20)19(3,4)8-7-16(20)28-12(2)23/h11,13-18,24-26H,5-10H2,1-4H3/t11-,13+,14+,15-,16+,17-,18-,20+,21-,22+/m1/s1. The van der Waals surface area contributed by atoms with Gasteiger partial charge in [0.2, 0.25) is 0 Å². The van der Waals surface area contributed by atoms with Crippen LogP contribution in [0.3, 0.4) is 0 Å². The Morgan fingerprint density at radius 3 is 2.50 bits per heavy atom. The number of hydrogen-bond donors (Lipinski definition) is 3. The van der Waals surface area contributed by atoms with Crippen LogP contribution in [-0.4, -0.2) is 52.0 Å². The van der Waals surface area contributed by atoms with Gasteiger partial charge in [-0.25, -0.2) is 0 Å². The second-order valence-corrected chi connectivity index (χ2v) is 11.0. The molecule has 158 valence electrons. The molecule has 0 unspecified atom stereocenters. The van der Waals surface area contributed by atoms with Crippen molar-refractivity contribution in [3.05, 3.63) is 0 Å². The van der Waals surface area contributed by atoms with Gasteiger partial charge in [-0.05, 0) is 54.8 Å². The van der Waals surface area contributed by atoms with Crippen LogP contribution in [0.15, 0.2) is 0 Å². The summed E-state index contributed by atoms with van der Waals surface area (Å²) in [6.07, 6.45) is 1.75. The molecule has 2 heterocycles. The van der Waals surface area contributed by atoms with Crippen molar-refractivity contribution >= 4 is 5.97 Å². The van der Waals surface area contributed by atoms with Crippen LogP contribution >= 0.6 is 0 Å². The molecule has 6 aliphatic rings. The number of carbonyl (C=O) groups excluding carboxylic acids is 1. The molecule has 3 N–H and O–H groups in total. The summed E-state index contributed by atoms with van der Waals surface area (Å²) in [7, 11) is 0. The minimum Gasteiger partial charge on any atom is -0.462 e. The first-order valence-electron chi connectivity index (χ1n) is 10.9. The van der Waals surface area contributed by atoms with Crippen molar-refractivity contribution in [2.75, 3.05) is 6.61 Å². The SMILES string of the molecule is CC(=O)O[C@H]1CCC(C)(C)[C@H]2C[C@@]3(O)OC[C@@]12[C@@H]1CC[C@H]2[C@@H](C)[C@@H](O)[C@]13[C@@H]2O. The van der Waals surface area contributed by atoms with Crippen molar-refractivity contribution in [2.24, 2.45) is 39.9 Å². The Morgan fingerprint density at radius 2 is 1.82 bits per heavy atom. The summed E-state index contributed by atoms with van der Waals surface area (Å²) in [5.41, 5.74) is -1.61. The zero-order valence-corrected chi connectivity index (χ0v) is 17.4. The molecule has 0 radical (unpaired) electrons. The van der Waals surface area contributed by atoms with Crippen molar-refractivity contribution in [2.45, 2.75) is 83.9 Å². The molecule has 6 nitrogen and oxygen atoms in total. The van der Waals surface area contributed by atoms with Crippen LogP contribution in [0.5, 0.6) is 0 Å². The van der Waals surface area contributed by atoms with Gasteiger partial charge in [-0.15, -0.1) is 0 Å². The number of ether oxygens (including phenoxy) is 2. The summed E-state index contributed by atoms with van der Waals surface area (Å²) in [5.74, 6) is -1.98. The topological polar surface area (TPSA) is 96.2 Å². The highest BCUT2D eigenvalue weighted by Crippen LogP contribution is 2.77. The molecule has 6 heteroatoms. The van der Waals surface area contributed by atoms with Crippen LogP contribution in [0.4, 0.5) is 0 Å². The Balaban J connectivity index is 1.72. The van der Waals surface area contributed by atoms with Gasteiger partial charge in [-0.1, -0.05) is 20.8 Å². The quantitative estimate of drug-likeness (QED) is 0.588. The van der Waals surface area contributed by atoms with E-state index in [9.17, 15) is 20.1 Å². The van der Waals surface area contributed by atoms with Crippen molar-refractivity contribution in [1.29, 1.82) is 0 Å². The first-order chi connectivity index (χ1) is 13.0. The molecule has 2 saturated heterocycles. The molecule has 6 rings (SSSR count). The van der Waals surface area contributed by atoms with Crippen LogP contribution in [0.2, 0.25) is 0 Å². The van der Waals surface area contributed by atoms with Crippen molar-refractivity contribution in [3.63, 3.8) is 0 Å². The van der Waals surface area contributed by atoms with E-state index in [0.717, 1.165) is 25.7 Å². The third-order valence-corrected chi connectivity index (χ3v) is 9.84. The fraction of sp³-hybridized carbons (Fsp3) is 0.955. The van der Waals surface area contributed by atoms with Gasteiger partial charge in [0, 0.05) is 18.8 Å². The monoisotopic (exact) mass is 394 g/mol. The van der Waals surface area contributed by atoms with Crippen LogP contribution in [0.1, 0.15) is 59.8 Å². The van der Waals surface area contributed by atoms with E-state index >= 15 is 0 Å². The number of aliphatic hydroxyl groups is 3. The predicted molar refractivity (Wildman–Crippen MR) is 99.8 cm³/mol. The molecule has 0 aromatic rings. The number of fused-ring (bicyclic) bond motifs is 2. The molecule has 0 amide bonds. The Morgan fingerprint density at radius 1 is 1.11 bits per heavy atom. The van der Waals surface area contributed by atoms with Gasteiger partial charge in [-0.2, -0.15) is 0 Å². The highest BCUT2D eigenvalue weighted by Gasteiger charge is 2.84. The Hall–Kier alpha value is -0.690. The first-order valence-corrected chi connectivity index (χ1v) is 10.9. The molecule has 4 bridgehead atoms. The Labute approximate surface area is 166 Å². The van der Waals surface area contributed by atoms with Crippen LogP contribution in [-0.2, 0) is 14.3 Å². The van der Waals surface area contributed by atoms with Crippen LogP contribution in [0, 0.1) is 39.9 Å². The highest BCUT2D eigenvalue weighted by molar-refractivity contribution is 5.66. The summed E-state index contributed by atoms with van der Waals surface area (Å²) in [6, 6.07) is 0. The lowest BCUT2D eigenvalue weighted by molar-refractivity contribution is -0.447. The molecule has 10 atom stereocenters. The minimum atomic E-state index is -1.54. The van der Waals surface area contributed by atoms with E-state index < -0.39 is 28.8 Å². The number of aliphatic hydroxyl groups excluding tert-OH is 2. The summed E-state index contributed by atoms with van der Waals surface area (Å²) in [5, 5.41) is 34.6. The van der Waals surface area contributed by atoms with E-state index in [1.165, 1.54) is 6.92 Å². The number of rotatable bonds is 1. The maximum atomic E-state index is 12.0. The second kappa shape index (κ2) is 5.51. The third kappa shape index (κ3) is 1.88. The lowest BCUT2D eigenvalue weighted by atomic mass is 9.36. The summed E-state index contributed by atoms with van der Waals surface area (Å²) < 4.78 is 12.0. The molecule has 4 aliphatic carbocycles. The fourth-order valence-corrected chi connectivity index (χ4v) is 8.74. The summed E-state index contributed by atoms with van der Waals surface area (Å²) in [4.78, 5) is 12.0. The van der Waals surface area contributed by atoms with Gasteiger partial charge in [0.25, 0.3) is 0 Å². The van der Waals surface area contributed by atoms with E-state index in [0.29, 0.717) is 13.0 Å². The minimum absolute atomic E-state index is 0.0307. The normalized spacial score (nSPS) is 58.8. The fourth-order valence-electron chi connectivity index (χ4n) is 8.74. The van der Waals surface area contributed by atoms with Gasteiger partial charge in [0.05, 0.1) is 24.2 Å². The maximum absolute atomic E-state index is 12.0. The van der Waals surface area contributed by atoms with Crippen molar-refractivity contribution in [3.8, 4) is 0 Å². The first kappa shape index (κ1) is 19.3. The zero-order valence-electron chi connectivity index (χ0n) is 17.4. The zero-order chi connectivity index (χ0) is 20.3. The van der Waals surface area contributed by atoms with Crippen molar-refractivity contribution in [1.82, 2.24) is 0 Å². The largest absolute Gasteiger partial charge is 0.462 e. The molecule has 0 aromatic heterocycles. The summed E-state index contributed by atoms with van der Waals surface area (Å²) >= 11 is 0. The van der Waals surface area contributed by atoms with Gasteiger partial charge in [0.15, 0.2) is 5.79 Å². The third-order valence-electron chi connectivity index (χ3n) is 9.84. The second-order valence-electron chi connectivity index (χ2n) is 11.0. The average molecular weight is 395 g/mol. The molecule has 6 fully saturated rings. The molecule has 28 heavy (non-hydrogen) atoms. The van der Waals surface area contributed by atoms with Gasteiger partial charge < -0.3 is 24.8 Å². The van der Waals surface area contributed by atoms with E-state index in [1.807, 2.05) is 6.92 Å². The van der Waals surface area contributed by atoms with Crippen molar-refractivity contribution < 1.29 is 29.6 Å². The van der Waals surface area contributed by atoms with Gasteiger partial charge in [-0.3, -0.25) is 4.79 Å². The maximum Gasteiger partial charge on any atom is 0.302 e. The van der Waals surface area contributed by atoms with E-state index in [2.05, 4.69) is 13.8 Å². The molecule has 4 saturated carbocycles. The number of hydrogen-bond acceptors (Lipinski definition) is 6. The molecular weight excluding hydrogens is 360 g/mol. The number of esters is 1. The van der Waals surface area contributed by atoms with E-state index in [1.54, 1.807) is 0 Å². The highest BCUT2D eigenvalue weighted by atomic mass is 16.6. The Kier molecular flexibility index (Phi) is 3.79. The number of carbonyl (C=O) groups is 1. The Bertz CT molecular complexity index is 701. The summed E-state index contributed by atoms with van der Waals surface area (Å²) in [6.45, 7) is 8.21. The smallest absolute Gasteiger partial charge is 0.302 e. The van der Waals surface area contributed by atoms with E-state index in [-0.39, 0.29) is 41.2 Å². The lowest BCUT2D eigenvalue weighted by Gasteiger charge is -2.74. The van der Waals surface area contributed by atoms with Crippen LogP contribution < -0.4 is 0 Å². The van der Waals surface area contributed by atoms with Gasteiger partial charge >= 0.3 is 5.97 Å². The molecule has 0 aromatic carbocycles. The predicted octanol–water partition coefficient (Wildman–Crippen LogP) is 1.85. The lowest BCUT2D eigenvalue weighted by Crippen LogP contribution is -2.81. The average Bonchev–Trinajstić information content (AvgIpc) is 2.73. The molecule has 2 spiro atoms. The van der Waals surface area contributed by atoms with Gasteiger partial charge in [0.1, 0.15) is 6.10 Å². The molecular formula is C22H34O6. The molecule has 2 aliphatic heterocycles. The van der Waals surface area contributed by atoms with Crippen LogP contribution in [0.25, 0.3) is 0 Å². The van der Waals surface area contributed by atoms with E-state index in [4.69, 9.17) is 9.47 Å².